The number of rotatable bonds is 2. The van der Waals surface area contributed by atoms with E-state index in [0.717, 1.165) is 12.1 Å². The highest BCUT2D eigenvalue weighted by molar-refractivity contribution is 5.89. The van der Waals surface area contributed by atoms with Crippen LogP contribution in [0, 0.1) is 0 Å². The summed E-state index contributed by atoms with van der Waals surface area (Å²) in [5, 5.41) is 2.75. The van der Waals surface area contributed by atoms with Crippen LogP contribution < -0.4 is 10.2 Å². The smallest absolute Gasteiger partial charge is 0.368 e. The van der Waals surface area contributed by atoms with Crippen molar-refractivity contribution in [2.75, 3.05) is 36.4 Å². The molecule has 2 aromatic rings. The molecule has 0 aliphatic carbocycles. The summed E-state index contributed by atoms with van der Waals surface area (Å²) in [5.41, 5.74) is 0.455. The van der Waals surface area contributed by atoms with Crippen molar-refractivity contribution in [2.24, 2.45) is 0 Å². The van der Waals surface area contributed by atoms with Gasteiger partial charge in [0.1, 0.15) is 0 Å². The fourth-order valence-corrected chi connectivity index (χ4v) is 2.69. The van der Waals surface area contributed by atoms with Crippen molar-refractivity contribution in [2.45, 2.75) is 6.18 Å². The Labute approximate surface area is 143 Å². The Bertz CT molecular complexity index is 728. The highest BCUT2D eigenvalue weighted by Gasteiger charge is 2.31. The Hall–Kier alpha value is -2.77. The minimum absolute atomic E-state index is 0.239. The van der Waals surface area contributed by atoms with Crippen molar-refractivity contribution < 1.29 is 18.0 Å². The van der Waals surface area contributed by atoms with E-state index in [4.69, 9.17) is 0 Å². The molecule has 1 aromatic carbocycles. The molecule has 0 saturated carbocycles. The van der Waals surface area contributed by atoms with Crippen LogP contribution in [0.4, 0.5) is 29.3 Å². The third-order valence-corrected chi connectivity index (χ3v) is 4.02. The van der Waals surface area contributed by atoms with Gasteiger partial charge >= 0.3 is 12.2 Å². The molecule has 0 bridgehead atoms. The number of piperazine rings is 1. The average Bonchev–Trinajstić information content (AvgIpc) is 2.62. The second-order valence-electron chi connectivity index (χ2n) is 5.69. The summed E-state index contributed by atoms with van der Waals surface area (Å²) in [5.74, 6) is 0. The maximum atomic E-state index is 12.8. The number of hydrogen-bond acceptors (Lipinski definition) is 3. The summed E-state index contributed by atoms with van der Waals surface area (Å²) in [4.78, 5) is 19.6. The third-order valence-electron chi connectivity index (χ3n) is 4.02. The van der Waals surface area contributed by atoms with E-state index in [2.05, 4.69) is 10.3 Å². The molecular weight excluding hydrogens is 333 g/mol. The summed E-state index contributed by atoms with van der Waals surface area (Å²) >= 11 is 0. The van der Waals surface area contributed by atoms with Crippen molar-refractivity contribution in [3.8, 4) is 0 Å². The number of carbonyl (C=O) groups is 1. The van der Waals surface area contributed by atoms with Crippen molar-refractivity contribution >= 4 is 17.4 Å². The van der Waals surface area contributed by atoms with Crippen LogP contribution in [0.1, 0.15) is 5.56 Å². The molecule has 25 heavy (non-hydrogen) atoms. The Morgan fingerprint density at radius 2 is 1.84 bits per heavy atom. The maximum Gasteiger partial charge on any atom is 0.416 e. The molecule has 2 amide bonds. The number of halogens is 3. The predicted octanol–water partition coefficient (Wildman–Crippen LogP) is 3.45. The molecular formula is C17H17F3N4O. The van der Waals surface area contributed by atoms with Gasteiger partial charge in [-0.25, -0.2) is 4.79 Å². The lowest BCUT2D eigenvalue weighted by atomic mass is 10.1. The molecule has 1 fully saturated rings. The van der Waals surface area contributed by atoms with E-state index >= 15 is 0 Å². The summed E-state index contributed by atoms with van der Waals surface area (Å²) in [6, 6.07) is 8.48. The van der Waals surface area contributed by atoms with Crippen molar-refractivity contribution in [3.63, 3.8) is 0 Å². The molecule has 132 valence electrons. The quantitative estimate of drug-likeness (QED) is 0.902. The van der Waals surface area contributed by atoms with Gasteiger partial charge in [-0.1, -0.05) is 6.07 Å². The van der Waals surface area contributed by atoms with Gasteiger partial charge in [0, 0.05) is 38.1 Å². The van der Waals surface area contributed by atoms with Crippen LogP contribution in [0.15, 0.2) is 48.8 Å². The minimum atomic E-state index is -4.36. The molecule has 5 nitrogen and oxygen atoms in total. The fraction of sp³-hybridized carbons (Fsp3) is 0.294. The van der Waals surface area contributed by atoms with E-state index in [9.17, 15) is 18.0 Å². The summed E-state index contributed by atoms with van der Waals surface area (Å²) < 4.78 is 38.5. The molecule has 0 radical (unpaired) electrons. The van der Waals surface area contributed by atoms with Gasteiger partial charge in [0.2, 0.25) is 0 Å². The van der Waals surface area contributed by atoms with E-state index in [0.29, 0.717) is 37.6 Å². The van der Waals surface area contributed by atoms with E-state index in [1.54, 1.807) is 35.5 Å². The maximum absolute atomic E-state index is 12.8. The molecule has 1 aliphatic rings. The van der Waals surface area contributed by atoms with Gasteiger partial charge in [0.05, 0.1) is 17.4 Å². The largest absolute Gasteiger partial charge is 0.416 e. The first-order valence-corrected chi connectivity index (χ1v) is 7.81. The molecule has 1 aromatic heterocycles. The monoisotopic (exact) mass is 350 g/mol. The number of hydrogen-bond donors (Lipinski definition) is 1. The summed E-state index contributed by atoms with van der Waals surface area (Å²) in [6.07, 6.45) is -1.19. The number of anilines is 2. The molecule has 1 saturated heterocycles. The zero-order valence-electron chi connectivity index (χ0n) is 13.3. The Balaban J connectivity index is 1.59. The van der Waals surface area contributed by atoms with Gasteiger partial charge in [-0.2, -0.15) is 13.2 Å². The Morgan fingerprint density at radius 3 is 2.48 bits per heavy atom. The van der Waals surface area contributed by atoms with Crippen LogP contribution in [0.25, 0.3) is 0 Å². The number of amides is 2. The minimum Gasteiger partial charge on any atom is -0.368 e. The average molecular weight is 350 g/mol. The molecule has 0 unspecified atom stereocenters. The van der Waals surface area contributed by atoms with Gasteiger partial charge in [0.15, 0.2) is 0 Å². The van der Waals surface area contributed by atoms with E-state index in [1.165, 1.54) is 6.07 Å². The van der Waals surface area contributed by atoms with Crippen LogP contribution in [0.2, 0.25) is 0 Å². The SMILES string of the molecule is O=C(Nc1cccnc1)N1CCN(c2cccc(C(F)(F)F)c2)CC1. The lowest BCUT2D eigenvalue weighted by Gasteiger charge is -2.36. The van der Waals surface area contributed by atoms with Crippen LogP contribution >= 0.6 is 0 Å². The number of nitrogens with one attached hydrogen (secondary N) is 1. The zero-order chi connectivity index (χ0) is 17.9. The first-order chi connectivity index (χ1) is 11.9. The Kier molecular flexibility index (Phi) is 4.78. The number of aromatic nitrogens is 1. The summed E-state index contributed by atoms with van der Waals surface area (Å²) in [6.45, 7) is 1.81. The number of carbonyl (C=O) groups excluding carboxylic acids is 1. The van der Waals surface area contributed by atoms with Crippen LogP contribution in [-0.2, 0) is 6.18 Å². The molecule has 1 aliphatic heterocycles. The number of urea groups is 1. The van der Waals surface area contributed by atoms with Crippen LogP contribution in [0.5, 0.6) is 0 Å². The topological polar surface area (TPSA) is 48.5 Å². The fourth-order valence-electron chi connectivity index (χ4n) is 2.69. The van der Waals surface area contributed by atoms with Gasteiger partial charge < -0.3 is 15.1 Å². The standard InChI is InChI=1S/C17H17F3N4O/c18-17(19,20)13-3-1-5-15(11-13)23-7-9-24(10-8-23)16(25)22-14-4-2-6-21-12-14/h1-6,11-12H,7-10H2,(H,22,25). The lowest BCUT2D eigenvalue weighted by molar-refractivity contribution is -0.137. The number of alkyl halides is 3. The molecule has 0 atom stereocenters. The second kappa shape index (κ2) is 7.00. The van der Waals surface area contributed by atoms with E-state index in [1.807, 2.05) is 4.90 Å². The van der Waals surface area contributed by atoms with Gasteiger partial charge in [-0.05, 0) is 30.3 Å². The third kappa shape index (κ3) is 4.20. The van der Waals surface area contributed by atoms with E-state index in [-0.39, 0.29) is 6.03 Å². The number of nitrogens with zero attached hydrogens (tertiary/aromatic N) is 3. The van der Waals surface area contributed by atoms with Gasteiger partial charge in [-0.15, -0.1) is 0 Å². The lowest BCUT2D eigenvalue weighted by Crippen LogP contribution is -2.50. The molecule has 3 rings (SSSR count). The molecule has 1 N–H and O–H groups in total. The van der Waals surface area contributed by atoms with Crippen molar-refractivity contribution in [1.29, 1.82) is 0 Å². The zero-order valence-corrected chi connectivity index (χ0v) is 13.3. The van der Waals surface area contributed by atoms with Gasteiger partial charge in [0.25, 0.3) is 0 Å². The first-order valence-electron chi connectivity index (χ1n) is 7.81. The normalized spacial score (nSPS) is 15.2. The van der Waals surface area contributed by atoms with Crippen LogP contribution in [0.3, 0.4) is 0 Å². The molecule has 0 spiro atoms. The first kappa shape index (κ1) is 17.1. The van der Waals surface area contributed by atoms with E-state index < -0.39 is 11.7 Å². The van der Waals surface area contributed by atoms with Crippen molar-refractivity contribution in [1.82, 2.24) is 9.88 Å². The highest BCUT2D eigenvalue weighted by Crippen LogP contribution is 2.31. The Morgan fingerprint density at radius 1 is 1.08 bits per heavy atom. The van der Waals surface area contributed by atoms with Crippen LogP contribution in [-0.4, -0.2) is 42.1 Å². The number of pyridine rings is 1. The molecule has 8 heteroatoms. The second-order valence-corrected chi connectivity index (χ2v) is 5.69. The molecule has 2 heterocycles. The van der Waals surface area contributed by atoms with Crippen molar-refractivity contribution in [3.05, 3.63) is 54.4 Å². The number of benzene rings is 1. The highest BCUT2D eigenvalue weighted by atomic mass is 19.4. The summed E-state index contributed by atoms with van der Waals surface area (Å²) in [7, 11) is 0. The predicted molar refractivity (Wildman–Crippen MR) is 88.5 cm³/mol. The van der Waals surface area contributed by atoms with Gasteiger partial charge in [-0.3, -0.25) is 4.98 Å².